The van der Waals surface area contributed by atoms with Gasteiger partial charge in [0.1, 0.15) is 5.75 Å². The number of hydrogen-bond donors (Lipinski definition) is 1. The average molecular weight is 382 g/mol. The third kappa shape index (κ3) is 5.96. The number of hydrogen-bond acceptors (Lipinski definition) is 4. The Morgan fingerprint density at radius 3 is 2.40 bits per heavy atom. The molecule has 0 radical (unpaired) electrons. The summed E-state index contributed by atoms with van der Waals surface area (Å²) >= 11 is 11.7. The molecule has 0 aliphatic carbocycles. The normalized spacial score (nSPS) is 10.2. The predicted octanol–water partition coefficient (Wildman–Crippen LogP) is 4.17. The number of carbonyl (C=O) groups excluding carboxylic acids is 2. The number of anilines is 1. The fourth-order valence-electron chi connectivity index (χ4n) is 1.90. The first-order chi connectivity index (χ1) is 11.8. The number of amides is 1. The van der Waals surface area contributed by atoms with Gasteiger partial charge in [-0.3, -0.25) is 4.79 Å². The predicted molar refractivity (Wildman–Crippen MR) is 97.5 cm³/mol. The molecule has 2 aromatic carbocycles. The Labute approximate surface area is 155 Å². The maximum atomic E-state index is 11.8. The first-order valence-electron chi connectivity index (χ1n) is 7.45. The molecular weight excluding hydrogens is 365 g/mol. The zero-order valence-electron chi connectivity index (χ0n) is 13.8. The van der Waals surface area contributed by atoms with Gasteiger partial charge in [0.25, 0.3) is 5.91 Å². The SMILES string of the molecule is Cc1ccc(OCC(=O)OCC(=O)Nc2ccc(Cl)c(Cl)c2)cc1C. The number of carbonyl (C=O) groups is 2. The van der Waals surface area contributed by atoms with Crippen LogP contribution in [0.3, 0.4) is 0 Å². The molecule has 0 unspecified atom stereocenters. The highest BCUT2D eigenvalue weighted by Crippen LogP contribution is 2.24. The second-order valence-electron chi connectivity index (χ2n) is 5.37. The zero-order chi connectivity index (χ0) is 18.4. The van der Waals surface area contributed by atoms with E-state index >= 15 is 0 Å². The van der Waals surface area contributed by atoms with Crippen LogP contribution < -0.4 is 10.1 Å². The van der Waals surface area contributed by atoms with Crippen LogP contribution >= 0.6 is 23.2 Å². The monoisotopic (exact) mass is 381 g/mol. The first-order valence-corrected chi connectivity index (χ1v) is 8.21. The number of rotatable bonds is 6. The van der Waals surface area contributed by atoms with Crippen LogP contribution in [0.4, 0.5) is 5.69 Å². The van der Waals surface area contributed by atoms with E-state index in [1.807, 2.05) is 26.0 Å². The maximum absolute atomic E-state index is 11.8. The van der Waals surface area contributed by atoms with Gasteiger partial charge in [-0.25, -0.2) is 4.79 Å². The van der Waals surface area contributed by atoms with Crippen LogP contribution in [-0.4, -0.2) is 25.1 Å². The van der Waals surface area contributed by atoms with Crippen molar-refractivity contribution in [2.75, 3.05) is 18.5 Å². The molecule has 0 atom stereocenters. The Hall–Kier alpha value is -2.24. The molecule has 0 saturated heterocycles. The van der Waals surface area contributed by atoms with Crippen molar-refractivity contribution < 1.29 is 19.1 Å². The Kier molecular flexibility index (Phi) is 6.67. The summed E-state index contributed by atoms with van der Waals surface area (Å²) in [5.74, 6) is -0.555. The van der Waals surface area contributed by atoms with Gasteiger partial charge in [-0.1, -0.05) is 29.3 Å². The largest absolute Gasteiger partial charge is 0.482 e. The Balaban J connectivity index is 1.76. The van der Waals surface area contributed by atoms with E-state index in [-0.39, 0.29) is 6.61 Å². The van der Waals surface area contributed by atoms with Gasteiger partial charge in [-0.15, -0.1) is 0 Å². The fourth-order valence-corrected chi connectivity index (χ4v) is 2.20. The van der Waals surface area contributed by atoms with Crippen LogP contribution in [0, 0.1) is 13.8 Å². The van der Waals surface area contributed by atoms with Crippen LogP contribution in [0.25, 0.3) is 0 Å². The summed E-state index contributed by atoms with van der Waals surface area (Å²) < 4.78 is 10.2. The molecule has 0 bridgehead atoms. The first kappa shape index (κ1) is 19.1. The number of halogens is 2. The Morgan fingerprint density at radius 2 is 1.72 bits per heavy atom. The summed E-state index contributed by atoms with van der Waals surface area (Å²) in [6, 6.07) is 10.2. The van der Waals surface area contributed by atoms with E-state index in [1.165, 1.54) is 6.07 Å². The van der Waals surface area contributed by atoms with Gasteiger partial charge in [-0.2, -0.15) is 0 Å². The molecule has 5 nitrogen and oxygen atoms in total. The molecule has 1 N–H and O–H groups in total. The van der Waals surface area contributed by atoms with Crippen molar-refractivity contribution in [3.63, 3.8) is 0 Å². The van der Waals surface area contributed by atoms with Crippen molar-refractivity contribution >= 4 is 40.8 Å². The smallest absolute Gasteiger partial charge is 0.344 e. The van der Waals surface area contributed by atoms with Gasteiger partial charge in [0, 0.05) is 5.69 Å². The van der Waals surface area contributed by atoms with Crippen molar-refractivity contribution in [3.8, 4) is 5.75 Å². The molecule has 0 saturated carbocycles. The third-order valence-corrected chi connectivity index (χ3v) is 4.14. The zero-order valence-corrected chi connectivity index (χ0v) is 15.3. The average Bonchev–Trinajstić information content (AvgIpc) is 2.57. The molecule has 0 aromatic heterocycles. The van der Waals surface area contributed by atoms with Crippen LogP contribution in [0.15, 0.2) is 36.4 Å². The highest BCUT2D eigenvalue weighted by molar-refractivity contribution is 6.42. The number of aryl methyl sites for hydroxylation is 2. The van der Waals surface area contributed by atoms with Crippen molar-refractivity contribution in [1.29, 1.82) is 0 Å². The lowest BCUT2D eigenvalue weighted by Gasteiger charge is -2.09. The highest BCUT2D eigenvalue weighted by Gasteiger charge is 2.10. The van der Waals surface area contributed by atoms with Gasteiger partial charge < -0.3 is 14.8 Å². The van der Waals surface area contributed by atoms with E-state index in [0.717, 1.165) is 11.1 Å². The molecule has 0 aliphatic rings. The van der Waals surface area contributed by atoms with Crippen LogP contribution in [0.1, 0.15) is 11.1 Å². The summed E-state index contributed by atoms with van der Waals surface area (Å²) in [7, 11) is 0. The van der Waals surface area contributed by atoms with Gasteiger partial charge in [-0.05, 0) is 55.3 Å². The number of nitrogens with one attached hydrogen (secondary N) is 1. The molecule has 2 rings (SSSR count). The summed E-state index contributed by atoms with van der Waals surface area (Å²) in [5.41, 5.74) is 2.66. The van der Waals surface area contributed by atoms with Crippen LogP contribution in [0.2, 0.25) is 10.0 Å². The Morgan fingerprint density at radius 1 is 0.960 bits per heavy atom. The van der Waals surface area contributed by atoms with Crippen LogP contribution in [0.5, 0.6) is 5.75 Å². The molecule has 0 aliphatic heterocycles. The van der Waals surface area contributed by atoms with Crippen molar-refractivity contribution in [2.45, 2.75) is 13.8 Å². The molecule has 0 fully saturated rings. The minimum absolute atomic E-state index is 0.275. The second-order valence-corrected chi connectivity index (χ2v) is 6.19. The summed E-state index contributed by atoms with van der Waals surface area (Å²) in [6.45, 7) is 3.24. The highest BCUT2D eigenvalue weighted by atomic mass is 35.5. The van der Waals surface area contributed by atoms with Crippen LogP contribution in [-0.2, 0) is 14.3 Å². The van der Waals surface area contributed by atoms with E-state index in [9.17, 15) is 9.59 Å². The molecular formula is C18H17Cl2NO4. The van der Waals surface area contributed by atoms with Gasteiger partial charge >= 0.3 is 5.97 Å². The van der Waals surface area contributed by atoms with Crippen molar-refractivity contribution in [1.82, 2.24) is 0 Å². The molecule has 2 aromatic rings. The van der Waals surface area contributed by atoms with E-state index in [0.29, 0.717) is 21.5 Å². The minimum Gasteiger partial charge on any atom is -0.482 e. The summed E-state index contributed by atoms with van der Waals surface area (Å²) in [5, 5.41) is 3.25. The molecule has 0 spiro atoms. The fraction of sp³-hybridized carbons (Fsp3) is 0.222. The third-order valence-electron chi connectivity index (χ3n) is 3.40. The lowest BCUT2D eigenvalue weighted by Crippen LogP contribution is -2.23. The Bertz CT molecular complexity index is 793. The summed E-state index contributed by atoms with van der Waals surface area (Å²) in [6.07, 6.45) is 0. The molecule has 7 heteroatoms. The molecule has 1 amide bonds. The van der Waals surface area contributed by atoms with Crippen molar-refractivity contribution in [3.05, 3.63) is 57.6 Å². The van der Waals surface area contributed by atoms with E-state index in [4.69, 9.17) is 32.7 Å². The summed E-state index contributed by atoms with van der Waals surface area (Å²) in [4.78, 5) is 23.4. The number of benzene rings is 2. The molecule has 132 valence electrons. The standard InChI is InChI=1S/C18H17Cl2NO4/c1-11-3-5-14(7-12(11)2)24-10-18(23)25-9-17(22)21-13-4-6-15(19)16(20)8-13/h3-8H,9-10H2,1-2H3,(H,21,22). The van der Waals surface area contributed by atoms with E-state index in [1.54, 1.807) is 18.2 Å². The van der Waals surface area contributed by atoms with E-state index < -0.39 is 18.5 Å². The number of ether oxygens (including phenoxy) is 2. The van der Waals surface area contributed by atoms with Gasteiger partial charge in [0.05, 0.1) is 10.0 Å². The van der Waals surface area contributed by atoms with Gasteiger partial charge in [0.2, 0.25) is 0 Å². The maximum Gasteiger partial charge on any atom is 0.344 e. The second kappa shape index (κ2) is 8.74. The van der Waals surface area contributed by atoms with Gasteiger partial charge in [0.15, 0.2) is 13.2 Å². The number of esters is 1. The van der Waals surface area contributed by atoms with Crippen molar-refractivity contribution in [2.24, 2.45) is 0 Å². The quantitative estimate of drug-likeness (QED) is 0.762. The molecule has 0 heterocycles. The van der Waals surface area contributed by atoms with E-state index in [2.05, 4.69) is 5.32 Å². The lowest BCUT2D eigenvalue weighted by atomic mass is 10.1. The minimum atomic E-state index is -0.637. The molecule has 25 heavy (non-hydrogen) atoms. The lowest BCUT2D eigenvalue weighted by molar-refractivity contribution is -0.149. The topological polar surface area (TPSA) is 64.6 Å².